The second kappa shape index (κ2) is 7.05. The molecule has 0 saturated carbocycles. The summed E-state index contributed by atoms with van der Waals surface area (Å²) in [6.45, 7) is 6.04. The average Bonchev–Trinajstić information content (AvgIpc) is 2.00. The minimum Gasteiger partial charge on any atom is -1.00 e. The maximum absolute atomic E-state index is 11.1. The van der Waals surface area contributed by atoms with E-state index in [0.29, 0.717) is 0 Å². The fourth-order valence-electron chi connectivity index (χ4n) is 0.956. The van der Waals surface area contributed by atoms with Crippen LogP contribution in [0.1, 0.15) is 15.3 Å². The molecule has 0 atom stereocenters. The molecule has 1 N–H and O–H groups in total. The Hall–Kier alpha value is -0.370. The number of hydrogen-bond donors (Lipinski definition) is 1. The molecule has 0 heterocycles. The van der Waals surface area contributed by atoms with Crippen LogP contribution in [-0.4, -0.2) is 32.1 Å². The van der Waals surface area contributed by atoms with Gasteiger partial charge < -0.3 is 10.9 Å². The molecule has 6 nitrogen and oxygen atoms in total. The van der Waals surface area contributed by atoms with E-state index in [1.807, 2.05) is 0 Å². The fourth-order valence-corrected chi connectivity index (χ4v) is 2.10. The fraction of sp³-hybridized carbons (Fsp3) is 0.500. The van der Waals surface area contributed by atoms with Crippen LogP contribution in [0.25, 0.3) is 0 Å². The third-order valence-corrected chi connectivity index (χ3v) is 2.82. The Morgan fingerprint density at radius 1 is 1.56 bits per heavy atom. The van der Waals surface area contributed by atoms with Crippen molar-refractivity contribution < 1.29 is 53.2 Å². The Kier molecular flexibility index (Phi) is 7.94. The topological polar surface area (TPSA) is 89.5 Å². The molecule has 0 unspecified atom stereocenters. The number of carbonyl (C=O) groups excluding carboxylic acids is 2. The van der Waals surface area contributed by atoms with Gasteiger partial charge in [-0.25, -0.2) is 0 Å². The van der Waals surface area contributed by atoms with Gasteiger partial charge in [0.25, 0.3) is 0 Å². The van der Waals surface area contributed by atoms with Gasteiger partial charge >= 0.3 is 46.1 Å². The Morgan fingerprint density at radius 3 is 2.44 bits per heavy atom. The zero-order valence-electron chi connectivity index (χ0n) is 10.5. The summed E-state index contributed by atoms with van der Waals surface area (Å²) in [4.78, 5) is 20.8. The molecule has 0 bridgehead atoms. The van der Waals surface area contributed by atoms with Crippen molar-refractivity contribution in [1.82, 2.24) is 5.32 Å². The van der Waals surface area contributed by atoms with Gasteiger partial charge in [-0.1, -0.05) is 6.58 Å². The van der Waals surface area contributed by atoms with Crippen molar-refractivity contribution in [3.63, 3.8) is 0 Å². The molecular formula is C8H14NNaO5S. The summed E-state index contributed by atoms with van der Waals surface area (Å²) >= 11 is 0. The van der Waals surface area contributed by atoms with Gasteiger partial charge in [-0.15, -0.1) is 0 Å². The summed E-state index contributed by atoms with van der Waals surface area (Å²) < 4.78 is 26.1. The smallest absolute Gasteiger partial charge is 1.00 e. The van der Waals surface area contributed by atoms with Crippen LogP contribution in [0.3, 0.4) is 0 Å². The van der Waals surface area contributed by atoms with Crippen LogP contribution < -0.4 is 34.9 Å². The van der Waals surface area contributed by atoms with Gasteiger partial charge in [0.15, 0.2) is 0 Å². The van der Waals surface area contributed by atoms with Crippen molar-refractivity contribution >= 4 is 22.5 Å². The molecule has 88 valence electrons. The molecule has 0 radical (unpaired) electrons. The van der Waals surface area contributed by atoms with Crippen molar-refractivity contribution in [1.29, 1.82) is 0 Å². The first-order chi connectivity index (χ1) is 6.72. The van der Waals surface area contributed by atoms with Gasteiger partial charge in [0.2, 0.25) is 5.91 Å². The number of carbonyl (C=O) groups is 2. The summed E-state index contributed by atoms with van der Waals surface area (Å²) in [6, 6.07) is 0. The SMILES string of the molecule is C=CC(=O)NC(C)(C)CS(=O)(=O)OC=O.[H-].[Na+]. The summed E-state index contributed by atoms with van der Waals surface area (Å²) in [6.07, 6.45) is 1.02. The molecule has 0 aromatic heterocycles. The van der Waals surface area contributed by atoms with Crippen LogP contribution in [0, 0.1) is 0 Å². The van der Waals surface area contributed by atoms with Crippen molar-refractivity contribution in [3.05, 3.63) is 12.7 Å². The largest absolute Gasteiger partial charge is 1.00 e. The van der Waals surface area contributed by atoms with Gasteiger partial charge in [0.05, 0.1) is 5.54 Å². The molecule has 0 spiro atoms. The normalized spacial score (nSPS) is 10.9. The van der Waals surface area contributed by atoms with E-state index in [-0.39, 0.29) is 37.5 Å². The first-order valence-electron chi connectivity index (χ1n) is 4.01. The minimum atomic E-state index is -3.96. The van der Waals surface area contributed by atoms with Crippen LogP contribution in [0.5, 0.6) is 0 Å². The van der Waals surface area contributed by atoms with Crippen molar-refractivity contribution in [2.75, 3.05) is 5.75 Å². The Balaban J connectivity index is -0.000000980. The summed E-state index contributed by atoms with van der Waals surface area (Å²) in [5.41, 5.74) is -1.03. The van der Waals surface area contributed by atoms with Gasteiger partial charge in [0, 0.05) is 0 Å². The van der Waals surface area contributed by atoms with Gasteiger partial charge in [-0.2, -0.15) is 8.42 Å². The average molecular weight is 259 g/mol. The molecule has 0 rings (SSSR count). The number of amides is 1. The second-order valence-electron chi connectivity index (χ2n) is 3.47. The number of rotatable bonds is 6. The standard InChI is InChI=1S/C8H13NO5S.Na.H/c1-4-7(11)9-8(2,3)5-15(12,13)14-6-10;;/h4,6H,1,5H2,2-3H3,(H,9,11);;/q;+1;-1. The molecule has 0 aliphatic rings. The van der Waals surface area contributed by atoms with E-state index in [4.69, 9.17) is 0 Å². The molecule has 0 saturated heterocycles. The van der Waals surface area contributed by atoms with Crippen molar-refractivity contribution in [2.24, 2.45) is 0 Å². The predicted octanol–water partition coefficient (Wildman–Crippen LogP) is -3.31. The van der Waals surface area contributed by atoms with E-state index >= 15 is 0 Å². The molecule has 8 heteroatoms. The summed E-state index contributed by atoms with van der Waals surface area (Å²) in [5.74, 6) is -1.00. The minimum absolute atomic E-state index is 0. The molecule has 1 amide bonds. The third-order valence-electron chi connectivity index (χ3n) is 1.37. The summed E-state index contributed by atoms with van der Waals surface area (Å²) in [5, 5.41) is 2.39. The number of nitrogens with one attached hydrogen (secondary N) is 1. The van der Waals surface area contributed by atoms with Crippen LogP contribution in [0.15, 0.2) is 12.7 Å². The van der Waals surface area contributed by atoms with E-state index in [0.717, 1.165) is 6.08 Å². The van der Waals surface area contributed by atoms with Crippen LogP contribution in [-0.2, 0) is 23.9 Å². The van der Waals surface area contributed by atoms with Crippen molar-refractivity contribution in [2.45, 2.75) is 19.4 Å². The Bertz CT molecular complexity index is 368. The first-order valence-corrected chi connectivity index (χ1v) is 5.59. The van der Waals surface area contributed by atoms with Crippen LogP contribution in [0.2, 0.25) is 0 Å². The maximum atomic E-state index is 11.1. The predicted molar refractivity (Wildman–Crippen MR) is 54.5 cm³/mol. The monoisotopic (exact) mass is 259 g/mol. The van der Waals surface area contributed by atoms with Crippen LogP contribution >= 0.6 is 0 Å². The molecule has 0 aliphatic carbocycles. The molecule has 0 aliphatic heterocycles. The van der Waals surface area contributed by atoms with Gasteiger partial charge in [-0.05, 0) is 19.9 Å². The third kappa shape index (κ3) is 7.86. The molecule has 0 aromatic carbocycles. The van der Waals surface area contributed by atoms with Crippen molar-refractivity contribution in [3.8, 4) is 0 Å². The zero-order valence-corrected chi connectivity index (χ0v) is 12.3. The molecular weight excluding hydrogens is 245 g/mol. The summed E-state index contributed by atoms with van der Waals surface area (Å²) in [7, 11) is -3.96. The van der Waals surface area contributed by atoms with Gasteiger partial charge in [0.1, 0.15) is 5.75 Å². The number of hydrogen-bond acceptors (Lipinski definition) is 5. The molecule has 0 aromatic rings. The van der Waals surface area contributed by atoms with E-state index in [9.17, 15) is 18.0 Å². The quantitative estimate of drug-likeness (QED) is 0.233. The first kappa shape index (κ1) is 18.0. The second-order valence-corrected chi connectivity index (χ2v) is 5.07. The molecule has 0 fully saturated rings. The van der Waals surface area contributed by atoms with E-state index in [1.54, 1.807) is 0 Å². The zero-order chi connectivity index (χ0) is 12.1. The van der Waals surface area contributed by atoms with Gasteiger partial charge in [-0.3, -0.25) is 9.59 Å². The van der Waals surface area contributed by atoms with E-state index in [1.165, 1.54) is 13.8 Å². The van der Waals surface area contributed by atoms with Crippen LogP contribution in [0.4, 0.5) is 0 Å². The Labute approximate surface area is 118 Å². The van der Waals surface area contributed by atoms with E-state index in [2.05, 4.69) is 16.1 Å². The van der Waals surface area contributed by atoms with E-state index < -0.39 is 27.3 Å². The maximum Gasteiger partial charge on any atom is 1.00 e. The molecule has 16 heavy (non-hydrogen) atoms. The Morgan fingerprint density at radius 2 is 2.06 bits per heavy atom.